The fourth-order valence-corrected chi connectivity index (χ4v) is 3.64. The number of nitro groups is 1. The Morgan fingerprint density at radius 2 is 1.89 bits per heavy atom. The second-order valence-corrected chi connectivity index (χ2v) is 7.97. The van der Waals surface area contributed by atoms with E-state index in [1.807, 2.05) is 0 Å². The number of sulfone groups is 1. The van der Waals surface area contributed by atoms with Crippen LogP contribution in [0.3, 0.4) is 0 Å². The van der Waals surface area contributed by atoms with Crippen molar-refractivity contribution in [1.29, 1.82) is 0 Å². The van der Waals surface area contributed by atoms with Crippen LogP contribution in [0.2, 0.25) is 5.02 Å². The van der Waals surface area contributed by atoms with Gasteiger partial charge in [0.2, 0.25) is 0 Å². The van der Waals surface area contributed by atoms with Gasteiger partial charge in [0.05, 0.1) is 22.2 Å². The fourth-order valence-electron chi connectivity index (χ4n) is 2.15. The minimum absolute atomic E-state index is 0.000600. The van der Waals surface area contributed by atoms with E-state index in [4.69, 9.17) is 16.3 Å². The lowest BCUT2D eigenvalue weighted by Gasteiger charge is -2.04. The average molecular weight is 410 g/mol. The summed E-state index contributed by atoms with van der Waals surface area (Å²) in [4.78, 5) is 22.1. The summed E-state index contributed by atoms with van der Waals surface area (Å²) in [5, 5.41) is 10.8. The topological polar surface area (TPSA) is 104 Å². The Balaban J connectivity index is 1.84. The molecule has 2 aromatic carbocycles. The van der Waals surface area contributed by atoms with Crippen LogP contribution in [0, 0.1) is 10.1 Å². The molecule has 0 aliphatic rings. The molecule has 7 nitrogen and oxygen atoms in total. The van der Waals surface area contributed by atoms with E-state index in [1.165, 1.54) is 36.4 Å². The number of hydrogen-bond acceptors (Lipinski definition) is 6. The molecule has 2 aromatic rings. The predicted octanol–water partition coefficient (Wildman–Crippen LogP) is 3.67. The highest BCUT2D eigenvalue weighted by Crippen LogP contribution is 2.25. The van der Waals surface area contributed by atoms with Gasteiger partial charge in [0.15, 0.2) is 9.84 Å². The van der Waals surface area contributed by atoms with Crippen molar-refractivity contribution in [3.8, 4) is 0 Å². The molecule has 0 aromatic heterocycles. The third kappa shape index (κ3) is 6.19. The fraction of sp³-hybridized carbons (Fsp3) is 0.167. The summed E-state index contributed by atoms with van der Waals surface area (Å²) in [5.74, 6) is -0.818. The molecule has 0 saturated carbocycles. The smallest absolute Gasteiger partial charge is 0.330 e. The minimum Gasteiger partial charge on any atom is -0.462 e. The minimum atomic E-state index is -3.42. The Morgan fingerprint density at radius 1 is 1.19 bits per heavy atom. The van der Waals surface area contributed by atoms with Crippen LogP contribution in [-0.2, 0) is 19.4 Å². The second-order valence-electron chi connectivity index (χ2n) is 5.45. The number of ether oxygens (including phenoxy) is 1. The summed E-state index contributed by atoms with van der Waals surface area (Å²) < 4.78 is 29.1. The van der Waals surface area contributed by atoms with Gasteiger partial charge in [-0.1, -0.05) is 35.9 Å². The maximum Gasteiger partial charge on any atom is 0.330 e. The number of halogens is 1. The summed E-state index contributed by atoms with van der Waals surface area (Å²) in [6.07, 6.45) is 2.62. The van der Waals surface area contributed by atoms with Crippen LogP contribution >= 0.6 is 11.6 Å². The second kappa shape index (κ2) is 9.29. The van der Waals surface area contributed by atoms with Crippen molar-refractivity contribution in [3.05, 3.63) is 75.3 Å². The van der Waals surface area contributed by atoms with Gasteiger partial charge in [-0.2, -0.15) is 0 Å². The molecule has 0 aliphatic carbocycles. The first-order chi connectivity index (χ1) is 12.8. The lowest BCUT2D eigenvalue weighted by molar-refractivity contribution is -0.384. The molecule has 0 bridgehead atoms. The molecule has 0 aliphatic heterocycles. The zero-order valence-corrected chi connectivity index (χ0v) is 15.7. The molecule has 2 rings (SSSR count). The largest absolute Gasteiger partial charge is 0.462 e. The van der Waals surface area contributed by atoms with Gasteiger partial charge >= 0.3 is 5.97 Å². The van der Waals surface area contributed by atoms with Crippen molar-refractivity contribution >= 4 is 39.2 Å². The van der Waals surface area contributed by atoms with Crippen LogP contribution < -0.4 is 0 Å². The van der Waals surface area contributed by atoms with E-state index >= 15 is 0 Å². The summed E-state index contributed by atoms with van der Waals surface area (Å²) in [6, 6.07) is 12.1. The van der Waals surface area contributed by atoms with E-state index in [2.05, 4.69) is 0 Å². The van der Waals surface area contributed by atoms with Crippen LogP contribution in [0.5, 0.6) is 0 Å². The Bertz CT molecular complexity index is 957. The highest BCUT2D eigenvalue weighted by Gasteiger charge is 2.14. The number of nitro benzene ring substituents is 1. The molecule has 0 radical (unpaired) electrons. The molecule has 142 valence electrons. The number of rotatable bonds is 8. The molecule has 0 unspecified atom stereocenters. The SMILES string of the molecule is O=C(C=Cc1ccc(Cl)c([N+](=O)[O-])c1)OCCCS(=O)(=O)c1ccccc1. The highest BCUT2D eigenvalue weighted by molar-refractivity contribution is 7.91. The van der Waals surface area contributed by atoms with E-state index in [0.717, 1.165) is 6.08 Å². The Kier molecular flexibility index (Phi) is 7.09. The molecule has 0 heterocycles. The van der Waals surface area contributed by atoms with Crippen LogP contribution in [0.15, 0.2) is 59.5 Å². The third-order valence-electron chi connectivity index (χ3n) is 3.48. The van der Waals surface area contributed by atoms with E-state index in [1.54, 1.807) is 18.2 Å². The Morgan fingerprint density at radius 3 is 2.56 bits per heavy atom. The van der Waals surface area contributed by atoms with Gasteiger partial charge in [-0.25, -0.2) is 13.2 Å². The number of esters is 1. The van der Waals surface area contributed by atoms with E-state index < -0.39 is 20.7 Å². The van der Waals surface area contributed by atoms with Gasteiger partial charge in [-0.15, -0.1) is 0 Å². The summed E-state index contributed by atoms with van der Waals surface area (Å²) in [5.41, 5.74) is 0.146. The summed E-state index contributed by atoms with van der Waals surface area (Å²) >= 11 is 5.71. The monoisotopic (exact) mass is 409 g/mol. The van der Waals surface area contributed by atoms with Gasteiger partial charge in [0.25, 0.3) is 5.69 Å². The van der Waals surface area contributed by atoms with Crippen molar-refractivity contribution in [2.45, 2.75) is 11.3 Å². The molecule has 0 fully saturated rings. The van der Waals surface area contributed by atoms with E-state index in [9.17, 15) is 23.3 Å². The van der Waals surface area contributed by atoms with Crippen molar-refractivity contribution in [1.82, 2.24) is 0 Å². The standard InChI is InChI=1S/C18H16ClNO6S/c19-16-9-7-14(13-17(16)20(22)23)8-10-18(21)26-11-4-12-27(24,25)15-5-2-1-3-6-15/h1-3,5-10,13H,4,11-12H2. The number of nitrogens with zero attached hydrogens (tertiary/aromatic N) is 1. The van der Waals surface area contributed by atoms with Crippen LogP contribution in [0.4, 0.5) is 5.69 Å². The molecule has 0 atom stereocenters. The quantitative estimate of drug-likeness (QED) is 0.216. The molecule has 0 amide bonds. The van der Waals surface area contributed by atoms with Crippen molar-refractivity contribution in [2.75, 3.05) is 12.4 Å². The van der Waals surface area contributed by atoms with Crippen LogP contribution in [0.25, 0.3) is 6.08 Å². The lowest BCUT2D eigenvalue weighted by atomic mass is 10.2. The van der Waals surface area contributed by atoms with E-state index in [0.29, 0.717) is 5.56 Å². The molecule has 0 N–H and O–H groups in total. The number of benzene rings is 2. The molecular formula is C18H16ClNO6S. The van der Waals surface area contributed by atoms with Gasteiger partial charge < -0.3 is 4.74 Å². The van der Waals surface area contributed by atoms with Crippen molar-refractivity contribution in [3.63, 3.8) is 0 Å². The summed E-state index contributed by atoms with van der Waals surface area (Å²) in [7, 11) is -3.42. The normalized spacial score (nSPS) is 11.4. The zero-order valence-electron chi connectivity index (χ0n) is 14.1. The molecular weight excluding hydrogens is 394 g/mol. The van der Waals surface area contributed by atoms with Gasteiger partial charge in [0, 0.05) is 12.1 Å². The number of carbonyl (C=O) groups excluding carboxylic acids is 1. The lowest BCUT2D eigenvalue weighted by Crippen LogP contribution is -2.11. The van der Waals surface area contributed by atoms with Crippen LogP contribution in [-0.4, -0.2) is 31.7 Å². The molecule has 9 heteroatoms. The van der Waals surface area contributed by atoms with E-state index in [-0.39, 0.29) is 34.4 Å². The maximum absolute atomic E-state index is 12.1. The molecule has 27 heavy (non-hydrogen) atoms. The first kappa shape index (κ1) is 20.6. The Labute approximate surface area is 161 Å². The number of hydrogen-bond donors (Lipinski definition) is 0. The maximum atomic E-state index is 12.1. The van der Waals surface area contributed by atoms with Gasteiger partial charge in [-0.05, 0) is 36.3 Å². The first-order valence-electron chi connectivity index (χ1n) is 7.86. The highest BCUT2D eigenvalue weighted by atomic mass is 35.5. The first-order valence-corrected chi connectivity index (χ1v) is 9.89. The predicted molar refractivity (Wildman–Crippen MR) is 101 cm³/mol. The van der Waals surface area contributed by atoms with Crippen LogP contribution in [0.1, 0.15) is 12.0 Å². The summed E-state index contributed by atoms with van der Waals surface area (Å²) in [6.45, 7) is -0.0595. The molecule has 0 spiro atoms. The Hall–Kier alpha value is -2.71. The van der Waals surface area contributed by atoms with Gasteiger partial charge in [-0.3, -0.25) is 10.1 Å². The van der Waals surface area contributed by atoms with Gasteiger partial charge in [0.1, 0.15) is 5.02 Å². The third-order valence-corrected chi connectivity index (χ3v) is 5.62. The molecule has 0 saturated heterocycles. The van der Waals surface area contributed by atoms with Crippen molar-refractivity contribution < 1.29 is 22.9 Å². The zero-order chi connectivity index (χ0) is 19.9. The average Bonchev–Trinajstić information content (AvgIpc) is 2.65. The number of carbonyl (C=O) groups is 1. The van der Waals surface area contributed by atoms with Crippen molar-refractivity contribution in [2.24, 2.45) is 0 Å².